The van der Waals surface area contributed by atoms with Gasteiger partial charge in [-0.1, -0.05) is 12.1 Å². The van der Waals surface area contributed by atoms with Gasteiger partial charge in [-0.25, -0.2) is 4.39 Å². The number of aryl methyl sites for hydroxylation is 2. The van der Waals surface area contributed by atoms with Crippen molar-refractivity contribution in [3.05, 3.63) is 46.6 Å². The molecule has 1 aliphatic rings. The summed E-state index contributed by atoms with van der Waals surface area (Å²) in [6, 6.07) is 4.20. The predicted octanol–water partition coefficient (Wildman–Crippen LogP) is 2.19. The van der Waals surface area contributed by atoms with E-state index in [1.165, 1.54) is 12.1 Å². The Morgan fingerprint density at radius 3 is 2.60 bits per heavy atom. The van der Waals surface area contributed by atoms with Crippen LogP contribution in [0, 0.1) is 12.7 Å². The van der Waals surface area contributed by atoms with E-state index in [-0.39, 0.29) is 10.1 Å². The Kier molecular flexibility index (Phi) is 3.84. The van der Waals surface area contributed by atoms with E-state index in [2.05, 4.69) is 5.16 Å². The van der Waals surface area contributed by atoms with Crippen LogP contribution in [0.5, 0.6) is 0 Å². The lowest BCUT2D eigenvalue weighted by molar-refractivity contribution is -0.132. The molecule has 25 heavy (non-hydrogen) atoms. The third-order valence-corrected chi connectivity index (χ3v) is 4.58. The van der Waals surface area contributed by atoms with Crippen molar-refractivity contribution in [1.82, 2.24) is 9.64 Å². The van der Waals surface area contributed by atoms with E-state index in [0.717, 1.165) is 0 Å². The van der Waals surface area contributed by atoms with Gasteiger partial charge < -0.3 is 10.3 Å². The SMILES string of the molecule is CCc1noc(C)c1C1=C(C(=O)C(N)=O)c2cc(F)ccc2[N+]1(C)C. The van der Waals surface area contributed by atoms with Gasteiger partial charge in [0.05, 0.1) is 25.4 Å². The van der Waals surface area contributed by atoms with Gasteiger partial charge >= 0.3 is 0 Å². The van der Waals surface area contributed by atoms with E-state index in [0.29, 0.717) is 40.4 Å². The van der Waals surface area contributed by atoms with E-state index in [1.54, 1.807) is 13.0 Å². The molecule has 0 unspecified atom stereocenters. The highest BCUT2D eigenvalue weighted by atomic mass is 19.1. The summed E-state index contributed by atoms with van der Waals surface area (Å²) in [5, 5.41) is 4.04. The lowest BCUT2D eigenvalue weighted by Crippen LogP contribution is -2.37. The minimum Gasteiger partial charge on any atom is -0.363 e. The number of hydrogen-bond acceptors (Lipinski definition) is 4. The molecular formula is C18H19FN3O3+. The second-order valence-corrected chi connectivity index (χ2v) is 6.45. The molecule has 0 spiro atoms. The molecule has 2 N–H and O–H groups in total. The number of aromatic nitrogens is 1. The lowest BCUT2D eigenvalue weighted by atomic mass is 9.96. The Morgan fingerprint density at radius 2 is 2.00 bits per heavy atom. The number of quaternary nitrogens is 1. The summed E-state index contributed by atoms with van der Waals surface area (Å²) in [6.07, 6.45) is 0.582. The molecular weight excluding hydrogens is 325 g/mol. The molecule has 1 aromatic carbocycles. The number of nitrogens with two attached hydrogens (primary N) is 1. The Labute approximate surface area is 144 Å². The Hall–Kier alpha value is -2.80. The largest absolute Gasteiger partial charge is 0.363 e. The summed E-state index contributed by atoms with van der Waals surface area (Å²) in [7, 11) is 3.72. The topological polar surface area (TPSA) is 86.2 Å². The van der Waals surface area contributed by atoms with Gasteiger partial charge in [-0.15, -0.1) is 0 Å². The minimum absolute atomic E-state index is 0.105. The average Bonchev–Trinajstić information content (AvgIpc) is 3.00. The van der Waals surface area contributed by atoms with Gasteiger partial charge in [0.25, 0.3) is 11.7 Å². The zero-order valence-electron chi connectivity index (χ0n) is 14.5. The average molecular weight is 344 g/mol. The number of primary amides is 1. The number of benzene rings is 1. The standard InChI is InChI=1S/C18H18FN3O3/c1-5-12-14(9(2)25-21-12)16-15(17(23)18(20)24)11-8-10(19)6-7-13(11)22(16,3)4/h6-8H,5H2,1-4H3,(H-,20,24)/p+1. The third kappa shape index (κ3) is 2.39. The van der Waals surface area contributed by atoms with Crippen molar-refractivity contribution in [1.29, 1.82) is 0 Å². The zero-order chi connectivity index (χ0) is 18.5. The van der Waals surface area contributed by atoms with Gasteiger partial charge in [-0.3, -0.25) is 14.1 Å². The van der Waals surface area contributed by atoms with Crippen LogP contribution in [0.4, 0.5) is 10.1 Å². The van der Waals surface area contributed by atoms with Crippen LogP contribution in [-0.4, -0.2) is 30.9 Å². The second-order valence-electron chi connectivity index (χ2n) is 6.45. The van der Waals surface area contributed by atoms with Crippen LogP contribution in [0.25, 0.3) is 11.3 Å². The Balaban J connectivity index is 2.44. The lowest BCUT2D eigenvalue weighted by Gasteiger charge is -2.27. The minimum atomic E-state index is -1.09. The predicted molar refractivity (Wildman–Crippen MR) is 91.7 cm³/mol. The maximum Gasteiger partial charge on any atom is 0.290 e. The molecule has 0 saturated carbocycles. The van der Waals surface area contributed by atoms with E-state index < -0.39 is 17.5 Å². The number of halogens is 1. The number of nitrogens with zero attached hydrogens (tertiary/aromatic N) is 2. The number of amides is 1. The number of Topliss-reactive ketones (excluding diaryl/α,β-unsaturated/α-hetero) is 1. The summed E-state index contributed by atoms with van der Waals surface area (Å²) in [4.78, 5) is 24.3. The molecule has 6 nitrogen and oxygen atoms in total. The molecule has 0 bridgehead atoms. The highest BCUT2D eigenvalue weighted by Gasteiger charge is 2.46. The van der Waals surface area contributed by atoms with E-state index in [4.69, 9.17) is 10.3 Å². The zero-order valence-corrected chi connectivity index (χ0v) is 14.5. The van der Waals surface area contributed by atoms with Crippen molar-refractivity contribution in [2.24, 2.45) is 5.73 Å². The summed E-state index contributed by atoms with van der Waals surface area (Å²) < 4.78 is 19.3. The van der Waals surface area contributed by atoms with Crippen LogP contribution in [0.15, 0.2) is 22.7 Å². The molecule has 2 aromatic rings. The number of hydrogen-bond donors (Lipinski definition) is 1. The first kappa shape index (κ1) is 17.0. The fourth-order valence-corrected chi connectivity index (χ4v) is 3.44. The van der Waals surface area contributed by atoms with Gasteiger partial charge in [-0.2, -0.15) is 0 Å². The molecule has 1 aliphatic heterocycles. The molecule has 1 amide bonds. The number of carbonyl (C=O) groups excluding carboxylic acids is 2. The highest BCUT2D eigenvalue weighted by Crippen LogP contribution is 2.49. The molecule has 1 aromatic heterocycles. The first-order chi connectivity index (χ1) is 11.7. The van der Waals surface area contributed by atoms with Gasteiger partial charge in [0.15, 0.2) is 5.70 Å². The van der Waals surface area contributed by atoms with Gasteiger partial charge in [0.1, 0.15) is 28.4 Å². The molecule has 0 saturated heterocycles. The van der Waals surface area contributed by atoms with Crippen molar-refractivity contribution >= 4 is 28.6 Å². The highest BCUT2D eigenvalue weighted by molar-refractivity contribution is 6.56. The molecule has 130 valence electrons. The van der Waals surface area contributed by atoms with Crippen LogP contribution >= 0.6 is 0 Å². The van der Waals surface area contributed by atoms with Crippen LogP contribution in [0.2, 0.25) is 0 Å². The van der Waals surface area contributed by atoms with Gasteiger partial charge in [-0.05, 0) is 25.5 Å². The fourth-order valence-electron chi connectivity index (χ4n) is 3.44. The molecule has 7 heteroatoms. The molecule has 0 aliphatic carbocycles. The van der Waals surface area contributed by atoms with Gasteiger partial charge in [0.2, 0.25) is 0 Å². The van der Waals surface area contributed by atoms with Crippen LogP contribution in [0.1, 0.15) is 29.5 Å². The van der Waals surface area contributed by atoms with E-state index in [1.807, 2.05) is 21.0 Å². The first-order valence-corrected chi connectivity index (χ1v) is 7.89. The summed E-state index contributed by atoms with van der Waals surface area (Å²) in [5.41, 5.74) is 8.30. The van der Waals surface area contributed by atoms with Crippen molar-refractivity contribution < 1.29 is 18.5 Å². The molecule has 3 rings (SSSR count). The number of carbonyl (C=O) groups is 2. The molecule has 2 heterocycles. The summed E-state index contributed by atoms with van der Waals surface area (Å²) in [6.45, 7) is 3.66. The number of rotatable bonds is 4. The normalized spacial score (nSPS) is 15.4. The summed E-state index contributed by atoms with van der Waals surface area (Å²) >= 11 is 0. The maximum atomic E-state index is 13.9. The number of ketones is 1. The smallest absolute Gasteiger partial charge is 0.290 e. The fraction of sp³-hybridized carbons (Fsp3) is 0.278. The van der Waals surface area contributed by atoms with E-state index in [9.17, 15) is 14.0 Å². The molecule has 0 atom stereocenters. The Bertz CT molecular complexity index is 941. The van der Waals surface area contributed by atoms with Crippen LogP contribution in [0.3, 0.4) is 0 Å². The quantitative estimate of drug-likeness (QED) is 0.680. The van der Waals surface area contributed by atoms with Crippen molar-refractivity contribution in [3.8, 4) is 0 Å². The van der Waals surface area contributed by atoms with E-state index >= 15 is 0 Å². The maximum absolute atomic E-state index is 13.9. The van der Waals surface area contributed by atoms with Crippen molar-refractivity contribution in [2.45, 2.75) is 20.3 Å². The first-order valence-electron chi connectivity index (χ1n) is 7.89. The molecule has 0 radical (unpaired) electrons. The van der Waals surface area contributed by atoms with Crippen molar-refractivity contribution in [2.75, 3.05) is 14.1 Å². The summed E-state index contributed by atoms with van der Waals surface area (Å²) in [5.74, 6) is -1.90. The third-order valence-electron chi connectivity index (χ3n) is 4.58. The van der Waals surface area contributed by atoms with Crippen LogP contribution < -0.4 is 10.2 Å². The van der Waals surface area contributed by atoms with Crippen LogP contribution in [-0.2, 0) is 16.0 Å². The Morgan fingerprint density at radius 1 is 1.32 bits per heavy atom. The van der Waals surface area contributed by atoms with Crippen molar-refractivity contribution in [3.63, 3.8) is 0 Å². The second kappa shape index (κ2) is 5.63. The molecule has 0 fully saturated rings. The monoisotopic (exact) mass is 344 g/mol. The number of fused-ring (bicyclic) bond motifs is 1. The van der Waals surface area contributed by atoms with Gasteiger partial charge in [0, 0.05) is 6.07 Å².